The average Bonchev–Trinajstić information content (AvgIpc) is 2.47. The molecule has 3 nitrogen and oxygen atoms in total. The fourth-order valence-electron chi connectivity index (χ4n) is 3.24. The van der Waals surface area contributed by atoms with Crippen LogP contribution in [0.25, 0.3) is 0 Å². The van der Waals surface area contributed by atoms with Gasteiger partial charge in [0.1, 0.15) is 0 Å². The molecule has 118 valence electrons. The lowest BCUT2D eigenvalue weighted by Crippen LogP contribution is -2.55. The van der Waals surface area contributed by atoms with E-state index in [2.05, 4.69) is 54.0 Å². The second kappa shape index (κ2) is 7.92. The maximum Gasteiger partial charge on any atom is 0.0639 e. The number of nitrogens with zero attached hydrogens (tertiary/aromatic N) is 2. The summed E-state index contributed by atoms with van der Waals surface area (Å²) in [5.74, 6) is 0. The van der Waals surface area contributed by atoms with Crippen molar-refractivity contribution in [1.82, 2.24) is 9.80 Å². The molecule has 0 aliphatic carbocycles. The van der Waals surface area contributed by atoms with Crippen molar-refractivity contribution in [2.24, 2.45) is 0 Å². The van der Waals surface area contributed by atoms with E-state index in [1.54, 1.807) is 0 Å². The normalized spacial score (nSPS) is 23.9. The molecule has 3 atom stereocenters. The van der Waals surface area contributed by atoms with Gasteiger partial charge in [0.15, 0.2) is 0 Å². The maximum atomic E-state index is 9.55. The highest BCUT2D eigenvalue weighted by Gasteiger charge is 2.26. The largest absolute Gasteiger partial charge is 0.392 e. The summed E-state index contributed by atoms with van der Waals surface area (Å²) < 4.78 is 0. The van der Waals surface area contributed by atoms with Crippen LogP contribution in [0.15, 0.2) is 30.3 Å². The number of aliphatic hydroxyl groups is 1. The molecule has 0 bridgehead atoms. The van der Waals surface area contributed by atoms with Gasteiger partial charge in [0.05, 0.1) is 6.10 Å². The lowest BCUT2D eigenvalue weighted by atomic mass is 10.0. The highest BCUT2D eigenvalue weighted by atomic mass is 16.3. The number of aliphatic hydroxyl groups excluding tert-OH is 1. The van der Waals surface area contributed by atoms with E-state index in [0.717, 1.165) is 32.6 Å². The predicted molar refractivity (Wildman–Crippen MR) is 88.5 cm³/mol. The van der Waals surface area contributed by atoms with Crippen LogP contribution < -0.4 is 0 Å². The molecule has 0 spiro atoms. The fourth-order valence-corrected chi connectivity index (χ4v) is 3.24. The molecule has 1 saturated heterocycles. The van der Waals surface area contributed by atoms with Crippen molar-refractivity contribution in [2.45, 2.75) is 51.8 Å². The zero-order chi connectivity index (χ0) is 15.2. The molecule has 1 aliphatic heterocycles. The van der Waals surface area contributed by atoms with Crippen LogP contribution in [0.4, 0.5) is 0 Å². The Hall–Kier alpha value is -0.900. The number of benzene rings is 1. The smallest absolute Gasteiger partial charge is 0.0639 e. The van der Waals surface area contributed by atoms with Gasteiger partial charge in [0, 0.05) is 38.3 Å². The number of hydrogen-bond donors (Lipinski definition) is 1. The van der Waals surface area contributed by atoms with Crippen molar-refractivity contribution < 1.29 is 5.11 Å². The number of hydrogen-bond acceptors (Lipinski definition) is 3. The average molecular weight is 290 g/mol. The quantitative estimate of drug-likeness (QED) is 0.871. The van der Waals surface area contributed by atoms with Crippen molar-refractivity contribution in [1.29, 1.82) is 0 Å². The minimum atomic E-state index is -0.227. The highest BCUT2D eigenvalue weighted by molar-refractivity contribution is 5.14. The maximum absolute atomic E-state index is 9.55. The zero-order valence-corrected chi connectivity index (χ0v) is 13.7. The minimum Gasteiger partial charge on any atom is -0.392 e. The van der Waals surface area contributed by atoms with Crippen LogP contribution in [-0.4, -0.2) is 59.3 Å². The first-order valence-corrected chi connectivity index (χ1v) is 8.26. The van der Waals surface area contributed by atoms with Crippen LogP contribution in [0.2, 0.25) is 0 Å². The molecule has 3 heteroatoms. The van der Waals surface area contributed by atoms with Gasteiger partial charge < -0.3 is 5.11 Å². The molecule has 0 radical (unpaired) electrons. The lowest BCUT2D eigenvalue weighted by molar-refractivity contribution is 0.0293. The molecular weight excluding hydrogens is 260 g/mol. The summed E-state index contributed by atoms with van der Waals surface area (Å²) in [6.07, 6.45) is 2.15. The van der Waals surface area contributed by atoms with E-state index in [0.29, 0.717) is 12.1 Å². The van der Waals surface area contributed by atoms with Crippen molar-refractivity contribution in [3.63, 3.8) is 0 Å². The Morgan fingerprint density at radius 3 is 2.52 bits per heavy atom. The molecule has 0 saturated carbocycles. The first kappa shape index (κ1) is 16.5. The Morgan fingerprint density at radius 2 is 1.90 bits per heavy atom. The Labute approximate surface area is 129 Å². The monoisotopic (exact) mass is 290 g/mol. The topological polar surface area (TPSA) is 26.7 Å². The second-order valence-corrected chi connectivity index (χ2v) is 6.56. The predicted octanol–water partition coefficient (Wildman–Crippen LogP) is 2.39. The van der Waals surface area contributed by atoms with E-state index < -0.39 is 0 Å². The number of rotatable bonds is 6. The first-order valence-electron chi connectivity index (χ1n) is 8.26. The van der Waals surface area contributed by atoms with Crippen LogP contribution in [-0.2, 0) is 6.42 Å². The summed E-state index contributed by atoms with van der Waals surface area (Å²) in [7, 11) is 0. The highest BCUT2D eigenvalue weighted by Crippen LogP contribution is 2.16. The van der Waals surface area contributed by atoms with Crippen molar-refractivity contribution in [2.75, 3.05) is 26.2 Å². The first-order chi connectivity index (χ1) is 10.1. The Kier molecular flexibility index (Phi) is 6.22. The molecule has 1 aromatic carbocycles. The SMILES string of the molecule is C[C@H](O)CN1CCN([C@@H](C)CCc2ccccc2)C[C@@H]1C. The Bertz CT molecular complexity index is 407. The molecule has 0 aromatic heterocycles. The van der Waals surface area contributed by atoms with Crippen LogP contribution in [0.3, 0.4) is 0 Å². The molecule has 1 heterocycles. The van der Waals surface area contributed by atoms with Crippen LogP contribution >= 0.6 is 0 Å². The molecule has 1 aromatic rings. The molecule has 1 fully saturated rings. The summed E-state index contributed by atoms with van der Waals surface area (Å²) >= 11 is 0. The number of aryl methyl sites for hydroxylation is 1. The summed E-state index contributed by atoms with van der Waals surface area (Å²) in [6.45, 7) is 10.6. The van der Waals surface area contributed by atoms with E-state index in [1.165, 1.54) is 12.0 Å². The summed E-state index contributed by atoms with van der Waals surface area (Å²) in [5, 5.41) is 9.55. The number of β-amino-alcohol motifs (C(OH)–C–C–N with tert-alkyl or cyclic N) is 1. The zero-order valence-electron chi connectivity index (χ0n) is 13.7. The molecule has 21 heavy (non-hydrogen) atoms. The van der Waals surface area contributed by atoms with Crippen LogP contribution in [0, 0.1) is 0 Å². The summed E-state index contributed by atoms with van der Waals surface area (Å²) in [5.41, 5.74) is 1.44. The van der Waals surface area contributed by atoms with E-state index >= 15 is 0 Å². The Morgan fingerprint density at radius 1 is 1.19 bits per heavy atom. The minimum absolute atomic E-state index is 0.227. The molecule has 0 amide bonds. The molecule has 1 aliphatic rings. The van der Waals surface area contributed by atoms with Crippen LogP contribution in [0.5, 0.6) is 0 Å². The third-order valence-electron chi connectivity index (χ3n) is 4.61. The summed E-state index contributed by atoms with van der Waals surface area (Å²) in [6, 6.07) is 11.9. The third kappa shape index (κ3) is 5.10. The lowest BCUT2D eigenvalue weighted by Gasteiger charge is -2.43. The van der Waals surface area contributed by atoms with Crippen molar-refractivity contribution in [3.05, 3.63) is 35.9 Å². The van der Waals surface area contributed by atoms with Gasteiger partial charge in [0.25, 0.3) is 0 Å². The van der Waals surface area contributed by atoms with E-state index in [4.69, 9.17) is 0 Å². The van der Waals surface area contributed by atoms with Crippen molar-refractivity contribution >= 4 is 0 Å². The van der Waals surface area contributed by atoms with Crippen molar-refractivity contribution in [3.8, 4) is 0 Å². The second-order valence-electron chi connectivity index (χ2n) is 6.56. The fraction of sp³-hybridized carbons (Fsp3) is 0.667. The summed E-state index contributed by atoms with van der Waals surface area (Å²) in [4.78, 5) is 5.01. The van der Waals surface area contributed by atoms with Gasteiger partial charge in [-0.1, -0.05) is 30.3 Å². The van der Waals surface area contributed by atoms with Gasteiger partial charge in [-0.15, -0.1) is 0 Å². The van der Waals surface area contributed by atoms with Crippen LogP contribution in [0.1, 0.15) is 32.8 Å². The molecule has 0 unspecified atom stereocenters. The van der Waals surface area contributed by atoms with E-state index in [-0.39, 0.29) is 6.10 Å². The molecule has 2 rings (SSSR count). The van der Waals surface area contributed by atoms with E-state index in [1.807, 2.05) is 6.92 Å². The molecular formula is C18H30N2O. The standard InChI is InChI=1S/C18H30N2O/c1-15(9-10-18-7-5-4-6-8-18)19-11-12-20(14-17(3)21)16(2)13-19/h4-8,15-17,21H,9-14H2,1-3H3/t15-,16-,17-/m0/s1. The number of piperazine rings is 1. The van der Waals surface area contributed by atoms with Gasteiger partial charge in [-0.25, -0.2) is 0 Å². The van der Waals surface area contributed by atoms with Gasteiger partial charge in [-0.2, -0.15) is 0 Å². The van der Waals surface area contributed by atoms with Gasteiger partial charge in [-0.05, 0) is 39.2 Å². The Balaban J connectivity index is 1.78. The third-order valence-corrected chi connectivity index (χ3v) is 4.61. The van der Waals surface area contributed by atoms with Gasteiger partial charge >= 0.3 is 0 Å². The molecule has 1 N–H and O–H groups in total. The van der Waals surface area contributed by atoms with Gasteiger partial charge in [0.2, 0.25) is 0 Å². The van der Waals surface area contributed by atoms with E-state index in [9.17, 15) is 5.11 Å². The van der Waals surface area contributed by atoms with Gasteiger partial charge in [-0.3, -0.25) is 9.80 Å².